The van der Waals surface area contributed by atoms with Gasteiger partial charge in [0.05, 0.1) is 34.4 Å². The first-order chi connectivity index (χ1) is 27.1. The Morgan fingerprint density at radius 3 is 1.11 bits per heavy atom. The van der Waals surface area contributed by atoms with Crippen LogP contribution in [0.2, 0.25) is 0 Å². The molecule has 332 valence electrons. The van der Waals surface area contributed by atoms with Crippen molar-refractivity contribution in [2.45, 2.75) is 251 Å². The molecule has 8 nitrogen and oxygen atoms in total. The highest BCUT2D eigenvalue weighted by atomic mass is 16.6. The molecule has 0 radical (unpaired) electrons. The Labute approximate surface area is 346 Å². The van der Waals surface area contributed by atoms with Crippen molar-refractivity contribution in [1.29, 1.82) is 0 Å². The SMILES string of the molecule is CCCCCCCCCCCCCCCCCCCCCCCC(=O)OCC(COCCC(C(=O)O)[N+](C)(C)C)OC(=O)CCCCCCCCCCCCC. The van der Waals surface area contributed by atoms with Gasteiger partial charge in [0.2, 0.25) is 0 Å². The number of quaternary nitrogens is 1. The summed E-state index contributed by atoms with van der Waals surface area (Å²) in [7, 11) is 5.54. The quantitative estimate of drug-likeness (QED) is 0.0372. The van der Waals surface area contributed by atoms with Crippen LogP contribution < -0.4 is 0 Å². The van der Waals surface area contributed by atoms with Crippen molar-refractivity contribution in [2.24, 2.45) is 0 Å². The van der Waals surface area contributed by atoms with Crippen LogP contribution in [0.5, 0.6) is 0 Å². The summed E-state index contributed by atoms with van der Waals surface area (Å²) < 4.78 is 17.3. The van der Waals surface area contributed by atoms with E-state index in [0.717, 1.165) is 38.5 Å². The van der Waals surface area contributed by atoms with Crippen molar-refractivity contribution in [3.8, 4) is 0 Å². The fraction of sp³-hybridized carbons (Fsp3) is 0.938. The zero-order valence-electron chi connectivity index (χ0n) is 37.9. The molecule has 0 saturated heterocycles. The number of carboxylic acids is 1. The standard InChI is InChI=1S/C48H93NO7/c1-6-8-10-12-14-16-18-19-20-21-22-23-24-25-26-27-29-30-32-34-36-38-46(50)55-43-44(42-54-41-40-45(48(52)53)49(3,4)5)56-47(51)39-37-35-33-31-28-17-15-13-11-9-7-2/h44-45H,6-43H2,1-5H3/p+1. The predicted molar refractivity (Wildman–Crippen MR) is 234 cm³/mol. The molecule has 0 spiro atoms. The van der Waals surface area contributed by atoms with Crippen LogP contribution in [0.1, 0.15) is 239 Å². The molecular weight excluding hydrogens is 703 g/mol. The number of carbonyl (C=O) groups is 3. The number of esters is 2. The molecule has 2 atom stereocenters. The monoisotopic (exact) mass is 797 g/mol. The number of likely N-dealkylation sites (N-methyl/N-ethyl adjacent to an activating group) is 1. The van der Waals surface area contributed by atoms with Gasteiger partial charge in [0.1, 0.15) is 6.61 Å². The molecule has 2 unspecified atom stereocenters. The van der Waals surface area contributed by atoms with E-state index in [0.29, 0.717) is 19.3 Å². The van der Waals surface area contributed by atoms with E-state index in [-0.39, 0.29) is 36.2 Å². The van der Waals surface area contributed by atoms with Gasteiger partial charge in [-0.15, -0.1) is 0 Å². The molecule has 0 rings (SSSR count). The van der Waals surface area contributed by atoms with Gasteiger partial charge in [-0.3, -0.25) is 9.59 Å². The van der Waals surface area contributed by atoms with Crippen molar-refractivity contribution in [2.75, 3.05) is 41.0 Å². The maximum atomic E-state index is 12.7. The van der Waals surface area contributed by atoms with Crippen LogP contribution in [0.15, 0.2) is 0 Å². The maximum Gasteiger partial charge on any atom is 0.362 e. The molecule has 0 bridgehead atoms. The number of aliphatic carboxylic acids is 1. The molecule has 8 heteroatoms. The van der Waals surface area contributed by atoms with E-state index in [1.54, 1.807) is 0 Å². The van der Waals surface area contributed by atoms with E-state index in [1.807, 2.05) is 21.1 Å². The molecule has 0 aliphatic rings. The van der Waals surface area contributed by atoms with Crippen molar-refractivity contribution in [3.63, 3.8) is 0 Å². The second-order valence-electron chi connectivity index (χ2n) is 17.7. The summed E-state index contributed by atoms with van der Waals surface area (Å²) in [6, 6.07) is -0.608. The third-order valence-electron chi connectivity index (χ3n) is 11.3. The second kappa shape index (κ2) is 40.1. The number of unbranched alkanes of at least 4 members (excludes halogenated alkanes) is 30. The highest BCUT2D eigenvalue weighted by molar-refractivity contribution is 5.72. The number of hydrogen-bond acceptors (Lipinski definition) is 6. The molecule has 0 fully saturated rings. The van der Waals surface area contributed by atoms with Crippen LogP contribution in [-0.4, -0.2) is 80.6 Å². The first kappa shape index (κ1) is 54.3. The van der Waals surface area contributed by atoms with Crippen molar-refractivity contribution in [1.82, 2.24) is 0 Å². The predicted octanol–water partition coefficient (Wildman–Crippen LogP) is 13.3. The van der Waals surface area contributed by atoms with Crippen molar-refractivity contribution in [3.05, 3.63) is 0 Å². The van der Waals surface area contributed by atoms with Crippen LogP contribution in [0.3, 0.4) is 0 Å². The molecular formula is C48H94NO7+. The summed E-state index contributed by atoms with van der Waals surface area (Å²) in [6.45, 7) is 4.77. The van der Waals surface area contributed by atoms with Gasteiger partial charge in [-0.25, -0.2) is 4.79 Å². The molecule has 0 heterocycles. The minimum Gasteiger partial charge on any atom is -0.477 e. The average Bonchev–Trinajstić information content (AvgIpc) is 3.15. The lowest BCUT2D eigenvalue weighted by molar-refractivity contribution is -0.887. The molecule has 0 amide bonds. The molecule has 0 aromatic carbocycles. The molecule has 0 aliphatic heterocycles. The Bertz CT molecular complexity index is 889. The molecule has 0 saturated carbocycles. The molecule has 0 aromatic heterocycles. The highest BCUT2D eigenvalue weighted by Gasteiger charge is 2.31. The summed E-state index contributed by atoms with van der Waals surface area (Å²) in [5.41, 5.74) is 0. The Kier molecular flexibility index (Phi) is 38.9. The number of hydrogen-bond donors (Lipinski definition) is 1. The minimum atomic E-state index is -0.870. The lowest BCUT2D eigenvalue weighted by atomic mass is 10.0. The number of carbonyl (C=O) groups excluding carboxylic acids is 2. The Morgan fingerprint density at radius 2 is 0.786 bits per heavy atom. The Morgan fingerprint density at radius 1 is 0.464 bits per heavy atom. The minimum absolute atomic E-state index is 0.0419. The fourth-order valence-corrected chi connectivity index (χ4v) is 7.51. The fourth-order valence-electron chi connectivity index (χ4n) is 7.51. The van der Waals surface area contributed by atoms with E-state index >= 15 is 0 Å². The third-order valence-corrected chi connectivity index (χ3v) is 11.3. The van der Waals surface area contributed by atoms with Gasteiger partial charge < -0.3 is 23.8 Å². The number of carboxylic acid groups (broad SMARTS) is 1. The van der Waals surface area contributed by atoms with E-state index in [1.165, 1.54) is 167 Å². The zero-order valence-corrected chi connectivity index (χ0v) is 37.9. The molecule has 0 aliphatic carbocycles. The van der Waals surface area contributed by atoms with Crippen LogP contribution in [0.25, 0.3) is 0 Å². The van der Waals surface area contributed by atoms with Crippen LogP contribution in [0, 0.1) is 0 Å². The van der Waals surface area contributed by atoms with Crippen LogP contribution in [0.4, 0.5) is 0 Å². The van der Waals surface area contributed by atoms with Gasteiger partial charge in [-0.05, 0) is 12.8 Å². The largest absolute Gasteiger partial charge is 0.477 e. The smallest absolute Gasteiger partial charge is 0.362 e. The highest BCUT2D eigenvalue weighted by Crippen LogP contribution is 2.17. The number of rotatable bonds is 44. The van der Waals surface area contributed by atoms with Gasteiger partial charge in [0.15, 0.2) is 12.1 Å². The van der Waals surface area contributed by atoms with Crippen molar-refractivity contribution >= 4 is 17.9 Å². The molecule has 0 aromatic rings. The van der Waals surface area contributed by atoms with Gasteiger partial charge >= 0.3 is 17.9 Å². The zero-order chi connectivity index (χ0) is 41.4. The lowest BCUT2D eigenvalue weighted by Gasteiger charge is -2.31. The topological polar surface area (TPSA) is 99.1 Å². The molecule has 56 heavy (non-hydrogen) atoms. The Balaban J connectivity index is 4.14. The van der Waals surface area contributed by atoms with Gasteiger partial charge in [0, 0.05) is 19.3 Å². The van der Waals surface area contributed by atoms with Crippen LogP contribution in [-0.2, 0) is 28.6 Å². The first-order valence-corrected chi connectivity index (χ1v) is 24.1. The number of nitrogens with zero attached hydrogens (tertiary/aromatic N) is 1. The summed E-state index contributed by atoms with van der Waals surface area (Å²) in [4.78, 5) is 37.0. The normalized spacial score (nSPS) is 12.8. The number of ether oxygens (including phenoxy) is 3. The third kappa shape index (κ3) is 37.9. The maximum absolute atomic E-state index is 12.7. The lowest BCUT2D eigenvalue weighted by Crippen LogP contribution is -2.50. The van der Waals surface area contributed by atoms with Crippen molar-refractivity contribution < 1.29 is 38.2 Å². The van der Waals surface area contributed by atoms with Gasteiger partial charge in [-0.2, -0.15) is 0 Å². The summed E-state index contributed by atoms with van der Waals surface area (Å²) in [6.07, 6.45) is 41.5. The van der Waals surface area contributed by atoms with E-state index in [9.17, 15) is 19.5 Å². The summed E-state index contributed by atoms with van der Waals surface area (Å²) >= 11 is 0. The summed E-state index contributed by atoms with van der Waals surface area (Å²) in [5.74, 6) is -1.44. The van der Waals surface area contributed by atoms with Gasteiger partial charge in [0.25, 0.3) is 0 Å². The van der Waals surface area contributed by atoms with E-state index in [4.69, 9.17) is 14.2 Å². The van der Waals surface area contributed by atoms with Gasteiger partial charge in [-0.1, -0.05) is 206 Å². The van der Waals surface area contributed by atoms with Crippen LogP contribution >= 0.6 is 0 Å². The average molecular weight is 797 g/mol. The molecule has 1 N–H and O–H groups in total. The van der Waals surface area contributed by atoms with E-state index in [2.05, 4.69) is 13.8 Å². The Hall–Kier alpha value is -1.67. The second-order valence-corrected chi connectivity index (χ2v) is 17.7. The summed E-state index contributed by atoms with van der Waals surface area (Å²) in [5, 5.41) is 9.62. The van der Waals surface area contributed by atoms with E-state index < -0.39 is 18.1 Å². The first-order valence-electron chi connectivity index (χ1n) is 24.1.